The molecule has 0 heterocycles. The minimum atomic E-state index is -1.34. The molecule has 0 aliphatic heterocycles. The lowest BCUT2D eigenvalue weighted by atomic mass is 10.0. The third-order valence-corrected chi connectivity index (χ3v) is 2.89. The third kappa shape index (κ3) is 4.67. The number of alkyl halides is 2. The molecule has 20 heavy (non-hydrogen) atoms. The van der Waals surface area contributed by atoms with Crippen molar-refractivity contribution in [3.63, 3.8) is 0 Å². The quantitative estimate of drug-likeness (QED) is 0.616. The maximum atomic E-state index is 11.8. The second-order valence-electron chi connectivity index (χ2n) is 3.89. The van der Waals surface area contributed by atoms with E-state index in [2.05, 4.69) is 5.32 Å². The fourth-order valence-electron chi connectivity index (χ4n) is 1.56. The molecule has 0 saturated heterocycles. The smallest absolute Gasteiger partial charge is 0.331 e. The second-order valence-corrected chi connectivity index (χ2v) is 4.99. The number of benzene rings is 1. The molecular weight excluding hydrogens is 305 g/mol. The number of carbonyl (C=O) groups is 2. The Labute approximate surface area is 126 Å². The van der Waals surface area contributed by atoms with Gasteiger partial charge in [0.15, 0.2) is 10.9 Å². The van der Waals surface area contributed by atoms with E-state index in [0.717, 1.165) is 0 Å². The first-order valence-electron chi connectivity index (χ1n) is 5.95. The summed E-state index contributed by atoms with van der Waals surface area (Å²) in [6.45, 7) is 1.75. The van der Waals surface area contributed by atoms with Crippen molar-refractivity contribution in [1.82, 2.24) is 5.32 Å². The van der Waals surface area contributed by atoms with Crippen LogP contribution in [-0.4, -0.2) is 34.5 Å². The topological polar surface area (TPSA) is 75.6 Å². The van der Waals surface area contributed by atoms with Crippen LogP contribution in [0.4, 0.5) is 0 Å². The summed E-state index contributed by atoms with van der Waals surface area (Å²) in [5, 5.41) is 12.5. The van der Waals surface area contributed by atoms with Gasteiger partial charge in [-0.3, -0.25) is 4.79 Å². The number of carbonyl (C=O) groups excluding carboxylic acids is 2. The van der Waals surface area contributed by atoms with Gasteiger partial charge >= 0.3 is 5.97 Å². The lowest BCUT2D eigenvalue weighted by molar-refractivity contribution is -0.150. The summed E-state index contributed by atoms with van der Waals surface area (Å²) in [6, 6.07) is 7.15. The Bertz CT molecular complexity index is 453. The zero-order chi connectivity index (χ0) is 15.1. The van der Waals surface area contributed by atoms with Gasteiger partial charge in [0, 0.05) is 0 Å². The summed E-state index contributed by atoms with van der Waals surface area (Å²) in [7, 11) is 0. The van der Waals surface area contributed by atoms with E-state index in [9.17, 15) is 14.7 Å². The Kier molecular flexibility index (Phi) is 6.78. The molecule has 2 N–H and O–H groups in total. The van der Waals surface area contributed by atoms with Crippen molar-refractivity contribution in [2.45, 2.75) is 23.9 Å². The zero-order valence-corrected chi connectivity index (χ0v) is 12.3. The first-order valence-corrected chi connectivity index (χ1v) is 6.82. The number of ether oxygens (including phenoxy) is 1. The number of esters is 1. The summed E-state index contributed by atoms with van der Waals surface area (Å²) in [4.78, 5) is 22.0. The van der Waals surface area contributed by atoms with Crippen LogP contribution in [0.5, 0.6) is 0 Å². The van der Waals surface area contributed by atoms with Crippen molar-refractivity contribution in [3.8, 4) is 0 Å². The molecule has 1 amide bonds. The monoisotopic (exact) mass is 319 g/mol. The molecule has 2 atom stereocenters. The van der Waals surface area contributed by atoms with Crippen molar-refractivity contribution in [3.05, 3.63) is 35.9 Å². The highest BCUT2D eigenvalue weighted by atomic mass is 35.5. The minimum Gasteiger partial charge on any atom is -0.464 e. The predicted octanol–water partition coefficient (Wildman–Crippen LogP) is 1.57. The van der Waals surface area contributed by atoms with Crippen LogP contribution >= 0.6 is 23.2 Å². The molecule has 0 bridgehead atoms. The van der Waals surface area contributed by atoms with Gasteiger partial charge in [-0.2, -0.15) is 0 Å². The molecule has 2 unspecified atom stereocenters. The number of hydrogen-bond donors (Lipinski definition) is 2. The second kappa shape index (κ2) is 8.09. The zero-order valence-electron chi connectivity index (χ0n) is 10.8. The standard InChI is InChI=1S/C13H15Cl2NO4/c1-2-20-13(19)9(16-12(18)11(14)15)10(17)8-6-4-3-5-7-8/h3-7,9-11,17H,2H2,1H3,(H,16,18). The van der Waals surface area contributed by atoms with E-state index in [1.807, 2.05) is 0 Å². The average Bonchev–Trinajstić information content (AvgIpc) is 2.44. The third-order valence-electron chi connectivity index (χ3n) is 2.49. The molecule has 1 rings (SSSR count). The van der Waals surface area contributed by atoms with Crippen LogP contribution in [-0.2, 0) is 14.3 Å². The van der Waals surface area contributed by atoms with E-state index in [1.165, 1.54) is 0 Å². The van der Waals surface area contributed by atoms with Gasteiger partial charge in [-0.1, -0.05) is 53.5 Å². The largest absolute Gasteiger partial charge is 0.464 e. The van der Waals surface area contributed by atoms with Gasteiger partial charge in [-0.05, 0) is 12.5 Å². The number of hydrogen-bond acceptors (Lipinski definition) is 4. The highest BCUT2D eigenvalue weighted by Gasteiger charge is 2.32. The van der Waals surface area contributed by atoms with Crippen LogP contribution in [0.15, 0.2) is 30.3 Å². The molecule has 0 fully saturated rings. The molecule has 0 aromatic heterocycles. The van der Waals surface area contributed by atoms with Gasteiger partial charge in [-0.15, -0.1) is 0 Å². The molecule has 110 valence electrons. The number of aliphatic hydroxyl groups is 1. The van der Waals surface area contributed by atoms with Gasteiger partial charge < -0.3 is 15.2 Å². The van der Waals surface area contributed by atoms with Gasteiger partial charge in [0.05, 0.1) is 6.61 Å². The van der Waals surface area contributed by atoms with Crippen molar-refractivity contribution in [2.24, 2.45) is 0 Å². The molecule has 0 radical (unpaired) electrons. The Morgan fingerprint density at radius 1 is 1.30 bits per heavy atom. The fraction of sp³-hybridized carbons (Fsp3) is 0.385. The maximum absolute atomic E-state index is 11.8. The van der Waals surface area contributed by atoms with Crippen LogP contribution in [0.1, 0.15) is 18.6 Å². The number of nitrogens with one attached hydrogen (secondary N) is 1. The Balaban J connectivity index is 2.92. The number of aliphatic hydroxyl groups excluding tert-OH is 1. The first kappa shape index (κ1) is 16.8. The average molecular weight is 320 g/mol. The number of rotatable bonds is 6. The van der Waals surface area contributed by atoms with Crippen LogP contribution in [0, 0.1) is 0 Å². The summed E-state index contributed by atoms with van der Waals surface area (Å²) in [5.41, 5.74) is 0.464. The van der Waals surface area contributed by atoms with Crippen LogP contribution in [0.25, 0.3) is 0 Å². The van der Waals surface area contributed by atoms with Crippen molar-refractivity contribution < 1.29 is 19.4 Å². The van der Waals surface area contributed by atoms with Crippen LogP contribution in [0.3, 0.4) is 0 Å². The predicted molar refractivity (Wildman–Crippen MR) is 75.5 cm³/mol. The Morgan fingerprint density at radius 2 is 1.90 bits per heavy atom. The molecule has 0 aliphatic carbocycles. The lowest BCUT2D eigenvalue weighted by Gasteiger charge is -2.23. The van der Waals surface area contributed by atoms with Crippen molar-refractivity contribution >= 4 is 35.1 Å². The van der Waals surface area contributed by atoms with E-state index in [4.69, 9.17) is 27.9 Å². The highest BCUT2D eigenvalue weighted by molar-refractivity contribution is 6.53. The Hall–Kier alpha value is -1.30. The molecule has 7 heteroatoms. The summed E-state index contributed by atoms with van der Waals surface area (Å²) in [5.74, 6) is -1.53. The van der Waals surface area contributed by atoms with Gasteiger partial charge in [0.25, 0.3) is 5.91 Å². The van der Waals surface area contributed by atoms with E-state index < -0.39 is 28.9 Å². The van der Waals surface area contributed by atoms with E-state index in [1.54, 1.807) is 37.3 Å². The SMILES string of the molecule is CCOC(=O)C(NC(=O)C(Cl)Cl)C(O)c1ccccc1. The Morgan fingerprint density at radius 3 is 2.40 bits per heavy atom. The molecular formula is C13H15Cl2NO4. The molecule has 5 nitrogen and oxygen atoms in total. The summed E-state index contributed by atoms with van der Waals surface area (Å²) < 4.78 is 4.83. The van der Waals surface area contributed by atoms with E-state index in [0.29, 0.717) is 5.56 Å². The molecule has 0 aliphatic rings. The van der Waals surface area contributed by atoms with Crippen LogP contribution < -0.4 is 5.32 Å². The van der Waals surface area contributed by atoms with E-state index >= 15 is 0 Å². The highest BCUT2D eigenvalue weighted by Crippen LogP contribution is 2.18. The minimum absolute atomic E-state index is 0.123. The van der Waals surface area contributed by atoms with E-state index in [-0.39, 0.29) is 6.61 Å². The molecule has 0 saturated carbocycles. The summed E-state index contributed by atoms with van der Waals surface area (Å²) >= 11 is 10.8. The maximum Gasteiger partial charge on any atom is 0.331 e. The van der Waals surface area contributed by atoms with Gasteiger partial charge in [0.2, 0.25) is 0 Å². The lowest BCUT2D eigenvalue weighted by Crippen LogP contribution is -2.47. The summed E-state index contributed by atoms with van der Waals surface area (Å²) in [6.07, 6.45) is -1.26. The van der Waals surface area contributed by atoms with Gasteiger partial charge in [-0.25, -0.2) is 4.79 Å². The molecule has 0 spiro atoms. The fourth-order valence-corrected chi connectivity index (χ4v) is 1.68. The number of halogens is 2. The van der Waals surface area contributed by atoms with Gasteiger partial charge in [0.1, 0.15) is 6.10 Å². The van der Waals surface area contributed by atoms with Crippen LogP contribution in [0.2, 0.25) is 0 Å². The van der Waals surface area contributed by atoms with Crippen molar-refractivity contribution in [1.29, 1.82) is 0 Å². The number of amides is 1. The molecule has 1 aromatic rings. The normalized spacial score (nSPS) is 13.7. The molecule has 1 aromatic carbocycles. The first-order chi connectivity index (χ1) is 9.47. The van der Waals surface area contributed by atoms with Crippen molar-refractivity contribution in [2.75, 3.05) is 6.61 Å².